The van der Waals surface area contributed by atoms with Crippen molar-refractivity contribution in [3.05, 3.63) is 59.3 Å². The van der Waals surface area contributed by atoms with Crippen LogP contribution in [0.25, 0.3) is 0 Å². The Bertz CT molecular complexity index is 649. The third kappa shape index (κ3) is 4.17. The summed E-state index contributed by atoms with van der Waals surface area (Å²) >= 11 is 0. The van der Waals surface area contributed by atoms with Gasteiger partial charge in [-0.2, -0.15) is 0 Å². The van der Waals surface area contributed by atoms with Gasteiger partial charge in [0.2, 0.25) is 5.91 Å². The van der Waals surface area contributed by atoms with Crippen LogP contribution in [0.15, 0.2) is 42.6 Å². The number of pyridine rings is 1. The van der Waals surface area contributed by atoms with Crippen LogP contribution >= 0.6 is 0 Å². The molecular weight excluding hydrogens is 272 g/mol. The minimum absolute atomic E-state index is 0.0192. The van der Waals surface area contributed by atoms with Crippen LogP contribution < -0.4 is 5.32 Å². The summed E-state index contributed by atoms with van der Waals surface area (Å²) in [7, 11) is 0. The van der Waals surface area contributed by atoms with Gasteiger partial charge >= 0.3 is 0 Å². The van der Waals surface area contributed by atoms with Crippen molar-refractivity contribution >= 4 is 11.7 Å². The molecule has 3 heteroatoms. The van der Waals surface area contributed by atoms with E-state index in [4.69, 9.17) is 0 Å². The van der Waals surface area contributed by atoms with E-state index in [2.05, 4.69) is 30.2 Å². The standard InChI is InChI=1S/C19H24N2O/c1-13(2)11-16-7-5-6-8-17(16)15(4)19(22)21-18-12-14(3)9-10-20-18/h5-10,12-13,15H,11H2,1-4H3,(H,20,21,22)/t15-/m1/s1. The summed E-state index contributed by atoms with van der Waals surface area (Å²) in [5.74, 6) is 0.958. The summed E-state index contributed by atoms with van der Waals surface area (Å²) < 4.78 is 0. The summed E-state index contributed by atoms with van der Waals surface area (Å²) in [5, 5.41) is 2.91. The van der Waals surface area contributed by atoms with Gasteiger partial charge in [0.1, 0.15) is 5.82 Å². The maximum absolute atomic E-state index is 12.5. The van der Waals surface area contributed by atoms with Gasteiger partial charge in [0, 0.05) is 6.20 Å². The SMILES string of the molecule is Cc1ccnc(NC(=O)[C@H](C)c2ccccc2CC(C)C)c1. The third-order valence-electron chi connectivity index (χ3n) is 3.71. The van der Waals surface area contributed by atoms with E-state index in [0.717, 1.165) is 17.5 Å². The van der Waals surface area contributed by atoms with Crippen molar-refractivity contribution in [2.24, 2.45) is 5.92 Å². The van der Waals surface area contributed by atoms with Gasteiger partial charge in [-0.05, 0) is 55.0 Å². The van der Waals surface area contributed by atoms with Gasteiger partial charge in [0.25, 0.3) is 0 Å². The van der Waals surface area contributed by atoms with Crippen LogP contribution in [0.1, 0.15) is 43.4 Å². The lowest BCUT2D eigenvalue weighted by atomic mass is 9.90. The van der Waals surface area contributed by atoms with Crippen LogP contribution in [0.2, 0.25) is 0 Å². The van der Waals surface area contributed by atoms with Crippen LogP contribution in [0.3, 0.4) is 0 Å². The second-order valence-corrected chi connectivity index (χ2v) is 6.23. The van der Waals surface area contributed by atoms with E-state index in [1.54, 1.807) is 6.20 Å². The van der Waals surface area contributed by atoms with Crippen molar-refractivity contribution in [3.63, 3.8) is 0 Å². The van der Waals surface area contributed by atoms with Crippen molar-refractivity contribution < 1.29 is 4.79 Å². The molecule has 1 atom stereocenters. The lowest BCUT2D eigenvalue weighted by Gasteiger charge is -2.17. The Balaban J connectivity index is 2.17. The molecule has 0 radical (unpaired) electrons. The Labute approximate surface area is 132 Å². The number of aryl methyl sites for hydroxylation is 1. The topological polar surface area (TPSA) is 42.0 Å². The Hall–Kier alpha value is -2.16. The molecule has 1 N–H and O–H groups in total. The number of carbonyl (C=O) groups is 1. The second kappa shape index (κ2) is 7.21. The third-order valence-corrected chi connectivity index (χ3v) is 3.71. The van der Waals surface area contributed by atoms with Crippen LogP contribution in [-0.2, 0) is 11.2 Å². The molecule has 0 saturated heterocycles. The Morgan fingerprint density at radius 3 is 2.59 bits per heavy atom. The highest BCUT2D eigenvalue weighted by Gasteiger charge is 2.19. The number of hydrogen-bond donors (Lipinski definition) is 1. The first-order chi connectivity index (χ1) is 10.5. The van der Waals surface area contributed by atoms with E-state index in [9.17, 15) is 4.79 Å². The molecule has 0 unspecified atom stereocenters. The predicted molar refractivity (Wildman–Crippen MR) is 91.0 cm³/mol. The highest BCUT2D eigenvalue weighted by molar-refractivity contribution is 5.95. The number of aromatic nitrogens is 1. The molecule has 0 aliphatic heterocycles. The fourth-order valence-electron chi connectivity index (χ4n) is 2.56. The zero-order valence-corrected chi connectivity index (χ0v) is 13.8. The average Bonchev–Trinajstić information content (AvgIpc) is 2.46. The van der Waals surface area contributed by atoms with Crippen LogP contribution in [0.5, 0.6) is 0 Å². The first-order valence-corrected chi connectivity index (χ1v) is 7.78. The molecule has 1 aromatic heterocycles. The number of rotatable bonds is 5. The summed E-state index contributed by atoms with van der Waals surface area (Å²) in [6.45, 7) is 8.32. The normalized spacial score (nSPS) is 12.2. The highest BCUT2D eigenvalue weighted by atomic mass is 16.1. The minimum atomic E-state index is -0.197. The number of benzene rings is 1. The summed E-state index contributed by atoms with van der Waals surface area (Å²) in [6, 6.07) is 12.0. The first-order valence-electron chi connectivity index (χ1n) is 7.78. The summed E-state index contributed by atoms with van der Waals surface area (Å²) in [5.41, 5.74) is 3.43. The molecule has 116 valence electrons. The molecule has 2 rings (SSSR count). The number of nitrogens with one attached hydrogen (secondary N) is 1. The molecule has 2 aromatic rings. The molecule has 0 fully saturated rings. The zero-order valence-electron chi connectivity index (χ0n) is 13.8. The number of hydrogen-bond acceptors (Lipinski definition) is 2. The molecule has 0 saturated carbocycles. The van der Waals surface area contributed by atoms with Crippen molar-refractivity contribution in [1.82, 2.24) is 4.98 Å². The predicted octanol–water partition coefficient (Wildman–Crippen LogP) is 4.33. The van der Waals surface area contributed by atoms with Gasteiger partial charge in [0.15, 0.2) is 0 Å². The average molecular weight is 296 g/mol. The Morgan fingerprint density at radius 2 is 1.91 bits per heavy atom. The molecule has 0 aliphatic carbocycles. The van der Waals surface area contributed by atoms with E-state index in [1.807, 2.05) is 44.2 Å². The van der Waals surface area contributed by atoms with Crippen LogP contribution in [0.4, 0.5) is 5.82 Å². The molecule has 1 amide bonds. The maximum Gasteiger partial charge on any atom is 0.232 e. The molecule has 3 nitrogen and oxygen atoms in total. The zero-order chi connectivity index (χ0) is 16.1. The van der Waals surface area contributed by atoms with Gasteiger partial charge in [-0.3, -0.25) is 4.79 Å². The smallest absolute Gasteiger partial charge is 0.232 e. The van der Waals surface area contributed by atoms with Crippen LogP contribution in [0, 0.1) is 12.8 Å². The van der Waals surface area contributed by atoms with E-state index in [-0.39, 0.29) is 11.8 Å². The van der Waals surface area contributed by atoms with E-state index in [0.29, 0.717) is 11.7 Å². The van der Waals surface area contributed by atoms with Gasteiger partial charge in [-0.25, -0.2) is 4.98 Å². The van der Waals surface area contributed by atoms with Gasteiger partial charge in [0.05, 0.1) is 5.92 Å². The van der Waals surface area contributed by atoms with Crippen molar-refractivity contribution in [2.45, 2.75) is 40.0 Å². The van der Waals surface area contributed by atoms with Crippen molar-refractivity contribution in [3.8, 4) is 0 Å². The molecule has 1 heterocycles. The van der Waals surface area contributed by atoms with Gasteiger partial charge < -0.3 is 5.32 Å². The maximum atomic E-state index is 12.5. The molecule has 0 bridgehead atoms. The fourth-order valence-corrected chi connectivity index (χ4v) is 2.56. The van der Waals surface area contributed by atoms with Crippen LogP contribution in [-0.4, -0.2) is 10.9 Å². The quantitative estimate of drug-likeness (QED) is 0.892. The van der Waals surface area contributed by atoms with E-state index >= 15 is 0 Å². The minimum Gasteiger partial charge on any atom is -0.310 e. The van der Waals surface area contributed by atoms with Gasteiger partial charge in [-0.15, -0.1) is 0 Å². The molecule has 0 spiro atoms. The highest BCUT2D eigenvalue weighted by Crippen LogP contribution is 2.23. The first kappa shape index (κ1) is 16.2. The van der Waals surface area contributed by atoms with Crippen molar-refractivity contribution in [2.75, 3.05) is 5.32 Å². The van der Waals surface area contributed by atoms with E-state index in [1.165, 1.54) is 5.56 Å². The fraction of sp³-hybridized carbons (Fsp3) is 0.368. The molecule has 0 aliphatic rings. The lowest BCUT2D eigenvalue weighted by molar-refractivity contribution is -0.117. The monoisotopic (exact) mass is 296 g/mol. The number of carbonyl (C=O) groups excluding carboxylic acids is 1. The Kier molecular flexibility index (Phi) is 5.31. The molecule has 22 heavy (non-hydrogen) atoms. The Morgan fingerprint density at radius 1 is 1.18 bits per heavy atom. The lowest BCUT2D eigenvalue weighted by Crippen LogP contribution is -2.20. The number of amides is 1. The molecular formula is C19H24N2O. The largest absolute Gasteiger partial charge is 0.310 e. The molecule has 1 aromatic carbocycles. The summed E-state index contributed by atoms with van der Waals surface area (Å²) in [6.07, 6.45) is 2.69. The van der Waals surface area contributed by atoms with E-state index < -0.39 is 0 Å². The second-order valence-electron chi connectivity index (χ2n) is 6.23. The van der Waals surface area contributed by atoms with Gasteiger partial charge in [-0.1, -0.05) is 38.1 Å². The number of anilines is 1. The summed E-state index contributed by atoms with van der Waals surface area (Å²) in [4.78, 5) is 16.7. The number of nitrogens with zero attached hydrogens (tertiary/aromatic N) is 1. The van der Waals surface area contributed by atoms with Crippen molar-refractivity contribution in [1.29, 1.82) is 0 Å².